The van der Waals surface area contributed by atoms with Crippen molar-refractivity contribution in [3.63, 3.8) is 0 Å². The van der Waals surface area contributed by atoms with Crippen LogP contribution in [0.15, 0.2) is 12.3 Å². The largest absolute Gasteiger partial charge is 0.362 e. The molecule has 0 aromatic carbocycles. The number of Topliss-reactive ketones (excluding diaryl/α,β-unsaturated/α-hetero) is 1. The van der Waals surface area contributed by atoms with E-state index in [4.69, 9.17) is 0 Å². The van der Waals surface area contributed by atoms with E-state index in [2.05, 4.69) is 25.3 Å². The van der Waals surface area contributed by atoms with E-state index in [0.29, 0.717) is 11.7 Å². The van der Waals surface area contributed by atoms with E-state index < -0.39 is 0 Å². The highest BCUT2D eigenvalue weighted by Gasteiger charge is 2.67. The minimum Gasteiger partial charge on any atom is -0.362 e. The molecule has 0 radical (unpaired) electrons. The third-order valence-electron chi connectivity index (χ3n) is 5.52. The van der Waals surface area contributed by atoms with Gasteiger partial charge in [0.05, 0.1) is 0 Å². The Balaban J connectivity index is 2.08. The predicted molar refractivity (Wildman–Crippen MR) is 63.9 cm³/mol. The molecule has 3 aliphatic rings. The van der Waals surface area contributed by atoms with Crippen molar-refractivity contribution in [1.29, 1.82) is 0 Å². The van der Waals surface area contributed by atoms with Crippen LogP contribution in [0.1, 0.15) is 46.0 Å². The molecule has 2 nitrogen and oxygen atoms in total. The summed E-state index contributed by atoms with van der Waals surface area (Å²) in [5.74, 6) is 1.09. The van der Waals surface area contributed by atoms with Gasteiger partial charge < -0.3 is 4.90 Å². The first-order valence-electron chi connectivity index (χ1n) is 6.49. The molecule has 3 fully saturated rings. The predicted octanol–water partition coefficient (Wildman–Crippen LogP) is 2.74. The Kier molecular flexibility index (Phi) is 1.88. The lowest BCUT2D eigenvalue weighted by molar-refractivity contribution is -0.130. The number of carbonyl (C=O) groups is 1. The summed E-state index contributed by atoms with van der Waals surface area (Å²) in [6.45, 7) is 9.79. The van der Waals surface area contributed by atoms with Crippen LogP contribution in [-0.2, 0) is 4.79 Å². The number of hydrogen-bond acceptors (Lipinski definition) is 2. The standard InChI is InChI=1S/C14H21NO/c1-10-5-4-8-15(10)14-7-6-11(9-12(14)16)13(14,2)3/h11H,1,4-9H2,2-3H3. The number of likely N-dealkylation sites (tertiary alicyclic amines) is 1. The van der Waals surface area contributed by atoms with Gasteiger partial charge in [-0.1, -0.05) is 20.4 Å². The van der Waals surface area contributed by atoms with Crippen molar-refractivity contribution < 1.29 is 4.79 Å². The highest BCUT2D eigenvalue weighted by Crippen LogP contribution is 2.62. The number of nitrogens with zero attached hydrogens (tertiary/aromatic N) is 1. The molecule has 1 heterocycles. The minimum absolute atomic E-state index is 0.150. The Morgan fingerprint density at radius 2 is 2.19 bits per heavy atom. The van der Waals surface area contributed by atoms with E-state index in [1.807, 2.05) is 0 Å². The second-order valence-electron chi connectivity index (χ2n) is 6.27. The number of allylic oxidation sites excluding steroid dienone is 1. The third-order valence-corrected chi connectivity index (χ3v) is 5.52. The van der Waals surface area contributed by atoms with Gasteiger partial charge in [0, 0.05) is 18.7 Å². The number of hydrogen-bond donors (Lipinski definition) is 0. The molecule has 16 heavy (non-hydrogen) atoms. The van der Waals surface area contributed by atoms with Crippen LogP contribution in [0.5, 0.6) is 0 Å². The summed E-state index contributed by atoms with van der Waals surface area (Å²) in [6.07, 6.45) is 5.34. The van der Waals surface area contributed by atoms with E-state index in [1.54, 1.807) is 0 Å². The van der Waals surface area contributed by atoms with Crippen molar-refractivity contribution in [3.8, 4) is 0 Å². The van der Waals surface area contributed by atoms with E-state index in [9.17, 15) is 4.79 Å². The molecule has 0 spiro atoms. The molecule has 0 N–H and O–H groups in total. The number of rotatable bonds is 1. The topological polar surface area (TPSA) is 20.3 Å². The van der Waals surface area contributed by atoms with Gasteiger partial charge in [-0.25, -0.2) is 0 Å². The molecular formula is C14H21NO. The van der Waals surface area contributed by atoms with Gasteiger partial charge in [-0.3, -0.25) is 4.79 Å². The van der Waals surface area contributed by atoms with Crippen LogP contribution < -0.4 is 0 Å². The van der Waals surface area contributed by atoms with Crippen LogP contribution in [0.2, 0.25) is 0 Å². The summed E-state index contributed by atoms with van der Waals surface area (Å²) >= 11 is 0. The zero-order chi connectivity index (χ0) is 11.6. The Bertz CT molecular complexity index is 371. The zero-order valence-corrected chi connectivity index (χ0v) is 10.4. The highest BCUT2D eigenvalue weighted by molar-refractivity contribution is 5.93. The van der Waals surface area contributed by atoms with Gasteiger partial charge in [-0.15, -0.1) is 0 Å². The fourth-order valence-electron chi connectivity index (χ4n) is 4.48. The minimum atomic E-state index is -0.189. The first-order valence-corrected chi connectivity index (χ1v) is 6.49. The Labute approximate surface area is 97.7 Å². The number of ketones is 1. The summed E-state index contributed by atoms with van der Waals surface area (Å²) in [7, 11) is 0. The quantitative estimate of drug-likeness (QED) is 0.676. The molecule has 3 rings (SSSR count). The van der Waals surface area contributed by atoms with Crippen molar-refractivity contribution in [2.24, 2.45) is 11.3 Å². The summed E-state index contributed by atoms with van der Waals surface area (Å²) < 4.78 is 0. The SMILES string of the molecule is C=C1CCCN1C12CCC(CC1=O)C2(C)C. The number of carbonyl (C=O) groups excluding carboxylic acids is 1. The second-order valence-corrected chi connectivity index (χ2v) is 6.27. The van der Waals surface area contributed by atoms with E-state index in [0.717, 1.165) is 25.8 Å². The molecule has 2 atom stereocenters. The molecule has 0 aromatic rings. The van der Waals surface area contributed by atoms with Gasteiger partial charge in [0.1, 0.15) is 5.54 Å². The molecule has 2 unspecified atom stereocenters. The van der Waals surface area contributed by atoms with Crippen molar-refractivity contribution in [1.82, 2.24) is 4.90 Å². The molecule has 0 aromatic heterocycles. The molecule has 0 amide bonds. The fraction of sp³-hybridized carbons (Fsp3) is 0.786. The maximum Gasteiger partial charge on any atom is 0.159 e. The van der Waals surface area contributed by atoms with Crippen molar-refractivity contribution >= 4 is 5.78 Å². The van der Waals surface area contributed by atoms with E-state index >= 15 is 0 Å². The first-order chi connectivity index (χ1) is 7.50. The van der Waals surface area contributed by atoms with Crippen molar-refractivity contribution in [2.75, 3.05) is 6.54 Å². The molecule has 1 saturated heterocycles. The molecule has 2 bridgehead atoms. The summed E-state index contributed by atoms with van der Waals surface area (Å²) in [5, 5.41) is 0. The van der Waals surface area contributed by atoms with Gasteiger partial charge in [0.2, 0.25) is 0 Å². The van der Waals surface area contributed by atoms with Crippen molar-refractivity contribution in [2.45, 2.75) is 51.5 Å². The molecule has 2 heteroatoms. The highest BCUT2D eigenvalue weighted by atomic mass is 16.1. The average Bonchev–Trinajstić information content (AvgIpc) is 2.78. The van der Waals surface area contributed by atoms with Gasteiger partial charge in [0.25, 0.3) is 0 Å². The van der Waals surface area contributed by atoms with Crippen LogP contribution in [0.4, 0.5) is 0 Å². The van der Waals surface area contributed by atoms with Gasteiger partial charge in [0.15, 0.2) is 5.78 Å². The monoisotopic (exact) mass is 219 g/mol. The summed E-state index contributed by atoms with van der Waals surface area (Å²) in [4.78, 5) is 14.8. The lowest BCUT2D eigenvalue weighted by atomic mass is 9.74. The molecule has 1 aliphatic heterocycles. The van der Waals surface area contributed by atoms with Gasteiger partial charge in [-0.05, 0) is 37.0 Å². The smallest absolute Gasteiger partial charge is 0.159 e. The van der Waals surface area contributed by atoms with Crippen LogP contribution in [0, 0.1) is 11.3 Å². The lowest BCUT2D eigenvalue weighted by Gasteiger charge is -2.45. The van der Waals surface area contributed by atoms with Gasteiger partial charge >= 0.3 is 0 Å². The van der Waals surface area contributed by atoms with Gasteiger partial charge in [-0.2, -0.15) is 0 Å². The van der Waals surface area contributed by atoms with Crippen LogP contribution in [0.25, 0.3) is 0 Å². The summed E-state index contributed by atoms with van der Waals surface area (Å²) in [6, 6.07) is 0. The Morgan fingerprint density at radius 1 is 1.44 bits per heavy atom. The van der Waals surface area contributed by atoms with E-state index in [1.165, 1.54) is 18.5 Å². The lowest BCUT2D eigenvalue weighted by Crippen LogP contribution is -2.56. The third kappa shape index (κ3) is 0.922. The number of fused-ring (bicyclic) bond motifs is 2. The maximum atomic E-state index is 12.4. The van der Waals surface area contributed by atoms with Crippen LogP contribution in [-0.4, -0.2) is 22.8 Å². The first kappa shape index (κ1) is 10.4. The Morgan fingerprint density at radius 3 is 2.62 bits per heavy atom. The fourth-order valence-corrected chi connectivity index (χ4v) is 4.48. The van der Waals surface area contributed by atoms with E-state index in [-0.39, 0.29) is 11.0 Å². The molecular weight excluding hydrogens is 198 g/mol. The molecule has 88 valence electrons. The van der Waals surface area contributed by atoms with Crippen LogP contribution in [0.3, 0.4) is 0 Å². The second kappa shape index (κ2) is 2.91. The zero-order valence-electron chi connectivity index (χ0n) is 10.4. The van der Waals surface area contributed by atoms with Crippen molar-refractivity contribution in [3.05, 3.63) is 12.3 Å². The molecule has 2 saturated carbocycles. The Hall–Kier alpha value is -0.790. The maximum absolute atomic E-state index is 12.4. The summed E-state index contributed by atoms with van der Waals surface area (Å²) in [5.41, 5.74) is 1.16. The average molecular weight is 219 g/mol. The van der Waals surface area contributed by atoms with Crippen LogP contribution >= 0.6 is 0 Å². The molecule has 2 aliphatic carbocycles. The normalized spacial score (nSPS) is 41.1.